The minimum absolute atomic E-state index is 0.811. The molecule has 1 saturated heterocycles. The topological polar surface area (TPSA) is 12.0 Å². The Morgan fingerprint density at radius 2 is 2.30 bits per heavy atom. The van der Waals surface area contributed by atoms with E-state index in [1.807, 2.05) is 11.3 Å². The highest BCUT2D eigenvalue weighted by molar-refractivity contribution is 7.08. The van der Waals surface area contributed by atoms with Crippen molar-refractivity contribution in [2.75, 3.05) is 13.1 Å². The van der Waals surface area contributed by atoms with E-state index in [1.165, 1.54) is 18.7 Å². The van der Waals surface area contributed by atoms with Crippen molar-refractivity contribution < 1.29 is 0 Å². The van der Waals surface area contributed by atoms with Gasteiger partial charge in [0.1, 0.15) is 0 Å². The molecule has 2 rings (SSSR count). The fraction of sp³-hybridized carbons (Fsp3) is 0.500. The molecule has 1 fully saturated rings. The Balaban J connectivity index is 2.23. The maximum Gasteiger partial charge on any atom is 0.00994 e. The van der Waals surface area contributed by atoms with Gasteiger partial charge in [0, 0.05) is 19.0 Å². The molecule has 0 atom stereocenters. The number of hydrogen-bond donors (Lipinski definition) is 1. The number of rotatable bonds is 1. The zero-order valence-electron chi connectivity index (χ0n) is 6.05. The van der Waals surface area contributed by atoms with Crippen LogP contribution in [0.3, 0.4) is 0 Å². The smallest absolute Gasteiger partial charge is 0.00994 e. The average molecular weight is 153 g/mol. The standard InChI is InChI=1S/C8H11NS/c1-6-4-10-5-8(6)7-2-9-3-7/h4-5,7,9H,2-3H2,1H3. The zero-order valence-corrected chi connectivity index (χ0v) is 6.87. The van der Waals surface area contributed by atoms with Crippen LogP contribution in [-0.4, -0.2) is 13.1 Å². The van der Waals surface area contributed by atoms with Crippen LogP contribution in [0.2, 0.25) is 0 Å². The van der Waals surface area contributed by atoms with Gasteiger partial charge in [0.2, 0.25) is 0 Å². The molecule has 0 bridgehead atoms. The van der Waals surface area contributed by atoms with E-state index in [2.05, 4.69) is 23.0 Å². The van der Waals surface area contributed by atoms with Crippen LogP contribution >= 0.6 is 11.3 Å². The number of nitrogens with one attached hydrogen (secondary N) is 1. The summed E-state index contributed by atoms with van der Waals surface area (Å²) in [5.74, 6) is 0.811. The molecule has 0 saturated carbocycles. The lowest BCUT2D eigenvalue weighted by Gasteiger charge is -2.27. The fourth-order valence-electron chi connectivity index (χ4n) is 1.30. The molecule has 1 N–H and O–H groups in total. The van der Waals surface area contributed by atoms with Gasteiger partial charge in [-0.25, -0.2) is 0 Å². The van der Waals surface area contributed by atoms with Crippen LogP contribution in [0.4, 0.5) is 0 Å². The third-order valence-electron chi connectivity index (χ3n) is 2.12. The van der Waals surface area contributed by atoms with Crippen molar-refractivity contribution in [2.24, 2.45) is 0 Å². The number of hydrogen-bond acceptors (Lipinski definition) is 2. The lowest BCUT2D eigenvalue weighted by atomic mass is 9.94. The van der Waals surface area contributed by atoms with Gasteiger partial charge in [-0.15, -0.1) is 0 Å². The van der Waals surface area contributed by atoms with Gasteiger partial charge in [-0.1, -0.05) is 0 Å². The van der Waals surface area contributed by atoms with Gasteiger partial charge in [-0.2, -0.15) is 11.3 Å². The van der Waals surface area contributed by atoms with Crippen LogP contribution in [0.1, 0.15) is 17.0 Å². The molecule has 1 aromatic rings. The maximum absolute atomic E-state index is 3.28. The van der Waals surface area contributed by atoms with Crippen LogP contribution in [0, 0.1) is 6.92 Å². The van der Waals surface area contributed by atoms with Crippen LogP contribution in [-0.2, 0) is 0 Å². The van der Waals surface area contributed by atoms with Gasteiger partial charge in [0.05, 0.1) is 0 Å². The van der Waals surface area contributed by atoms with E-state index in [4.69, 9.17) is 0 Å². The van der Waals surface area contributed by atoms with Gasteiger partial charge in [0.25, 0.3) is 0 Å². The van der Waals surface area contributed by atoms with E-state index in [9.17, 15) is 0 Å². The van der Waals surface area contributed by atoms with E-state index in [0.717, 1.165) is 5.92 Å². The largest absolute Gasteiger partial charge is 0.315 e. The molecule has 10 heavy (non-hydrogen) atoms. The fourth-order valence-corrected chi connectivity index (χ4v) is 2.23. The molecule has 1 nitrogen and oxygen atoms in total. The summed E-state index contributed by atoms with van der Waals surface area (Å²) in [6.45, 7) is 4.55. The molecule has 1 aliphatic heterocycles. The molecule has 0 unspecified atom stereocenters. The highest BCUT2D eigenvalue weighted by atomic mass is 32.1. The summed E-state index contributed by atoms with van der Waals surface area (Å²) >= 11 is 1.82. The third kappa shape index (κ3) is 0.879. The van der Waals surface area contributed by atoms with Gasteiger partial charge in [-0.05, 0) is 28.8 Å². The maximum atomic E-state index is 3.28. The molecular weight excluding hydrogens is 142 g/mol. The summed E-state index contributed by atoms with van der Waals surface area (Å²) in [5.41, 5.74) is 3.03. The monoisotopic (exact) mass is 153 g/mol. The second kappa shape index (κ2) is 2.36. The Kier molecular flexibility index (Phi) is 1.51. The van der Waals surface area contributed by atoms with Crippen molar-refractivity contribution in [1.82, 2.24) is 5.32 Å². The molecule has 0 radical (unpaired) electrons. The molecule has 0 spiro atoms. The predicted molar refractivity (Wildman–Crippen MR) is 44.7 cm³/mol. The van der Waals surface area contributed by atoms with Crippen LogP contribution in [0.15, 0.2) is 10.8 Å². The summed E-state index contributed by atoms with van der Waals surface area (Å²) in [6, 6.07) is 0. The first-order valence-corrected chi connectivity index (χ1v) is 4.55. The molecule has 0 amide bonds. The van der Waals surface area contributed by atoms with Crippen molar-refractivity contribution in [3.05, 3.63) is 21.9 Å². The second-order valence-corrected chi connectivity index (χ2v) is 3.61. The highest BCUT2D eigenvalue weighted by Gasteiger charge is 2.20. The van der Waals surface area contributed by atoms with E-state index < -0.39 is 0 Å². The number of aryl methyl sites for hydroxylation is 1. The minimum Gasteiger partial charge on any atom is -0.315 e. The van der Waals surface area contributed by atoms with E-state index in [1.54, 1.807) is 5.56 Å². The van der Waals surface area contributed by atoms with Crippen LogP contribution in [0.5, 0.6) is 0 Å². The first-order valence-electron chi connectivity index (χ1n) is 3.61. The van der Waals surface area contributed by atoms with Crippen LogP contribution < -0.4 is 5.32 Å². The summed E-state index contributed by atoms with van der Waals surface area (Å²) in [4.78, 5) is 0. The van der Waals surface area contributed by atoms with Gasteiger partial charge < -0.3 is 5.32 Å². The van der Waals surface area contributed by atoms with Crippen molar-refractivity contribution in [1.29, 1.82) is 0 Å². The summed E-state index contributed by atoms with van der Waals surface area (Å²) in [6.07, 6.45) is 0. The Labute approximate surface area is 65.1 Å². The molecular formula is C8H11NS. The quantitative estimate of drug-likeness (QED) is 0.648. The predicted octanol–water partition coefficient (Wildman–Crippen LogP) is 1.74. The normalized spacial score (nSPS) is 18.9. The lowest BCUT2D eigenvalue weighted by molar-refractivity contribution is 0.448. The van der Waals surface area contributed by atoms with Gasteiger partial charge in [-0.3, -0.25) is 0 Å². The lowest BCUT2D eigenvalue weighted by Crippen LogP contribution is -2.39. The summed E-state index contributed by atoms with van der Waals surface area (Å²) in [7, 11) is 0. The Morgan fingerprint density at radius 1 is 1.50 bits per heavy atom. The molecule has 0 aromatic carbocycles. The first-order chi connectivity index (χ1) is 4.88. The van der Waals surface area contributed by atoms with E-state index >= 15 is 0 Å². The Morgan fingerprint density at radius 3 is 2.70 bits per heavy atom. The van der Waals surface area contributed by atoms with Gasteiger partial charge >= 0.3 is 0 Å². The molecule has 1 aromatic heterocycles. The van der Waals surface area contributed by atoms with Crippen molar-refractivity contribution in [3.8, 4) is 0 Å². The van der Waals surface area contributed by atoms with Crippen molar-refractivity contribution in [2.45, 2.75) is 12.8 Å². The third-order valence-corrected chi connectivity index (χ3v) is 3.00. The summed E-state index contributed by atoms with van der Waals surface area (Å²) in [5, 5.41) is 7.79. The van der Waals surface area contributed by atoms with Crippen LogP contribution in [0.25, 0.3) is 0 Å². The molecule has 54 valence electrons. The summed E-state index contributed by atoms with van der Waals surface area (Å²) < 4.78 is 0. The zero-order chi connectivity index (χ0) is 6.97. The Bertz CT molecular complexity index is 225. The van der Waals surface area contributed by atoms with Crippen molar-refractivity contribution in [3.63, 3.8) is 0 Å². The van der Waals surface area contributed by atoms with Crippen molar-refractivity contribution >= 4 is 11.3 Å². The molecule has 0 aliphatic carbocycles. The molecule has 1 aliphatic rings. The average Bonchev–Trinajstić information content (AvgIpc) is 2.12. The minimum atomic E-state index is 0.811. The Hall–Kier alpha value is -0.340. The van der Waals surface area contributed by atoms with Gasteiger partial charge in [0.15, 0.2) is 0 Å². The molecule has 2 heteroatoms. The first kappa shape index (κ1) is 6.38. The van der Waals surface area contributed by atoms with E-state index in [0.29, 0.717) is 0 Å². The molecule has 2 heterocycles. The highest BCUT2D eigenvalue weighted by Crippen LogP contribution is 2.25. The van der Waals surface area contributed by atoms with E-state index in [-0.39, 0.29) is 0 Å². The number of thiophene rings is 1. The second-order valence-electron chi connectivity index (χ2n) is 2.87. The SMILES string of the molecule is Cc1cscc1C1CNC1.